The van der Waals surface area contributed by atoms with Gasteiger partial charge >= 0.3 is 0 Å². The molecule has 0 unspecified atom stereocenters. The molecule has 1 heterocycles. The maximum absolute atomic E-state index is 11.7. The fourth-order valence-corrected chi connectivity index (χ4v) is 1.98. The molecule has 98 valence electrons. The minimum absolute atomic E-state index is 0.0206. The Morgan fingerprint density at radius 2 is 1.71 bits per heavy atom. The quantitative estimate of drug-likeness (QED) is 0.658. The zero-order valence-electron chi connectivity index (χ0n) is 10.6. The molecule has 1 fully saturated rings. The minimum atomic E-state index is -0.0295. The van der Waals surface area contributed by atoms with Crippen molar-refractivity contribution < 1.29 is 19.1 Å². The third-order valence-corrected chi connectivity index (χ3v) is 2.84. The van der Waals surface area contributed by atoms with Gasteiger partial charge in [-0.25, -0.2) is 0 Å². The van der Waals surface area contributed by atoms with Crippen molar-refractivity contribution in [3.63, 3.8) is 0 Å². The monoisotopic (exact) mass is 244 g/mol. The third-order valence-electron chi connectivity index (χ3n) is 2.84. The molecule has 6 heteroatoms. The van der Waals surface area contributed by atoms with E-state index in [1.54, 1.807) is 9.80 Å². The summed E-state index contributed by atoms with van der Waals surface area (Å²) in [6.45, 7) is 3.79. The highest BCUT2D eigenvalue weighted by Crippen LogP contribution is 2.10. The van der Waals surface area contributed by atoms with Crippen LogP contribution in [0.5, 0.6) is 0 Å². The van der Waals surface area contributed by atoms with Crippen molar-refractivity contribution in [2.24, 2.45) is 0 Å². The van der Waals surface area contributed by atoms with Crippen molar-refractivity contribution in [3.8, 4) is 0 Å². The minimum Gasteiger partial charge on any atom is -0.375 e. The van der Waals surface area contributed by atoms with E-state index in [2.05, 4.69) is 0 Å². The summed E-state index contributed by atoms with van der Waals surface area (Å²) in [5.74, 6) is -0.0583. The van der Waals surface area contributed by atoms with E-state index in [9.17, 15) is 9.59 Å². The van der Waals surface area contributed by atoms with Crippen LogP contribution in [-0.4, -0.2) is 74.7 Å². The van der Waals surface area contributed by atoms with E-state index in [0.29, 0.717) is 19.6 Å². The Kier molecular flexibility index (Phi) is 5.37. The number of hydrogen-bond donors (Lipinski definition) is 0. The lowest BCUT2D eigenvalue weighted by atomic mass is 10.2. The molecule has 0 spiro atoms. The van der Waals surface area contributed by atoms with Crippen LogP contribution in [0.25, 0.3) is 0 Å². The van der Waals surface area contributed by atoms with Gasteiger partial charge in [0.25, 0.3) is 0 Å². The highest BCUT2D eigenvalue weighted by molar-refractivity contribution is 5.80. The van der Waals surface area contributed by atoms with Gasteiger partial charge in [-0.15, -0.1) is 0 Å². The van der Waals surface area contributed by atoms with Crippen molar-refractivity contribution in [2.45, 2.75) is 13.0 Å². The Morgan fingerprint density at radius 3 is 2.24 bits per heavy atom. The molecular weight excluding hydrogens is 224 g/mol. The summed E-state index contributed by atoms with van der Waals surface area (Å²) < 4.78 is 9.64. The SMILES string of the molecule is COCC(=O)N1CCN(C(=O)COC)[C@@H](C)C1. The van der Waals surface area contributed by atoms with Gasteiger partial charge in [-0.1, -0.05) is 0 Å². The predicted octanol–water partition coefficient (Wildman–Crippen LogP) is -0.661. The zero-order chi connectivity index (χ0) is 12.8. The number of piperazine rings is 1. The molecule has 0 aromatic heterocycles. The second-order valence-electron chi connectivity index (χ2n) is 4.14. The molecule has 1 aliphatic rings. The summed E-state index contributed by atoms with van der Waals surface area (Å²) in [6.07, 6.45) is 0. The van der Waals surface area contributed by atoms with Crippen LogP contribution in [0.2, 0.25) is 0 Å². The third kappa shape index (κ3) is 3.67. The first-order chi connectivity index (χ1) is 8.10. The summed E-state index contributed by atoms with van der Waals surface area (Å²) in [4.78, 5) is 26.8. The molecule has 17 heavy (non-hydrogen) atoms. The lowest BCUT2D eigenvalue weighted by Crippen LogP contribution is -2.56. The lowest BCUT2D eigenvalue weighted by molar-refractivity contribution is -0.146. The summed E-state index contributed by atoms with van der Waals surface area (Å²) >= 11 is 0. The second kappa shape index (κ2) is 6.56. The van der Waals surface area contributed by atoms with Crippen LogP contribution in [0.4, 0.5) is 0 Å². The van der Waals surface area contributed by atoms with Crippen molar-refractivity contribution >= 4 is 11.8 Å². The van der Waals surface area contributed by atoms with E-state index in [1.807, 2.05) is 6.92 Å². The molecule has 0 radical (unpaired) electrons. The highest BCUT2D eigenvalue weighted by Gasteiger charge is 2.29. The number of carbonyl (C=O) groups is 2. The number of amides is 2. The Balaban J connectivity index is 2.49. The van der Waals surface area contributed by atoms with Crippen LogP contribution in [0.15, 0.2) is 0 Å². The average molecular weight is 244 g/mol. The number of rotatable bonds is 4. The van der Waals surface area contributed by atoms with Crippen molar-refractivity contribution in [1.29, 1.82) is 0 Å². The van der Waals surface area contributed by atoms with Gasteiger partial charge in [-0.2, -0.15) is 0 Å². The fourth-order valence-electron chi connectivity index (χ4n) is 1.98. The first kappa shape index (κ1) is 13.9. The second-order valence-corrected chi connectivity index (χ2v) is 4.14. The largest absolute Gasteiger partial charge is 0.375 e. The molecule has 0 aliphatic carbocycles. The molecule has 2 amide bonds. The molecule has 1 saturated heterocycles. The maximum atomic E-state index is 11.7. The number of carbonyl (C=O) groups excluding carboxylic acids is 2. The Morgan fingerprint density at radius 1 is 1.12 bits per heavy atom. The topological polar surface area (TPSA) is 59.1 Å². The zero-order valence-corrected chi connectivity index (χ0v) is 10.6. The lowest BCUT2D eigenvalue weighted by Gasteiger charge is -2.39. The summed E-state index contributed by atoms with van der Waals surface area (Å²) in [5.41, 5.74) is 0. The average Bonchev–Trinajstić information content (AvgIpc) is 2.29. The summed E-state index contributed by atoms with van der Waals surface area (Å²) in [5, 5.41) is 0. The Bertz CT molecular complexity index is 283. The van der Waals surface area contributed by atoms with E-state index in [1.165, 1.54) is 14.2 Å². The van der Waals surface area contributed by atoms with E-state index >= 15 is 0 Å². The fraction of sp³-hybridized carbons (Fsp3) is 0.818. The molecule has 0 bridgehead atoms. The maximum Gasteiger partial charge on any atom is 0.248 e. The van der Waals surface area contributed by atoms with E-state index < -0.39 is 0 Å². The van der Waals surface area contributed by atoms with Crippen LogP contribution in [-0.2, 0) is 19.1 Å². The highest BCUT2D eigenvalue weighted by atomic mass is 16.5. The van der Waals surface area contributed by atoms with Crippen LogP contribution in [0.1, 0.15) is 6.92 Å². The normalized spacial score (nSPS) is 20.5. The summed E-state index contributed by atoms with van der Waals surface area (Å²) in [7, 11) is 3.00. The molecule has 0 N–H and O–H groups in total. The van der Waals surface area contributed by atoms with Gasteiger partial charge in [0.1, 0.15) is 13.2 Å². The van der Waals surface area contributed by atoms with Crippen LogP contribution in [0.3, 0.4) is 0 Å². The molecule has 1 atom stereocenters. The molecule has 0 aromatic rings. The Hall–Kier alpha value is -1.14. The Labute approximate surface area is 101 Å². The molecule has 0 saturated carbocycles. The van der Waals surface area contributed by atoms with Gasteiger partial charge in [0.15, 0.2) is 0 Å². The molecule has 1 aliphatic heterocycles. The number of methoxy groups -OCH3 is 2. The first-order valence-electron chi connectivity index (χ1n) is 5.65. The van der Waals surface area contributed by atoms with Gasteiger partial charge < -0.3 is 19.3 Å². The molecular formula is C11H20N2O4. The number of ether oxygens (including phenoxy) is 2. The molecule has 0 aromatic carbocycles. The van der Waals surface area contributed by atoms with Crippen LogP contribution in [0, 0.1) is 0 Å². The van der Waals surface area contributed by atoms with E-state index in [4.69, 9.17) is 9.47 Å². The smallest absolute Gasteiger partial charge is 0.248 e. The standard InChI is InChI=1S/C11H20N2O4/c1-9-6-12(10(14)7-16-2)4-5-13(9)11(15)8-17-3/h9H,4-8H2,1-3H3/t9-/m0/s1. The molecule has 1 rings (SSSR count). The van der Waals surface area contributed by atoms with Crippen LogP contribution < -0.4 is 0 Å². The van der Waals surface area contributed by atoms with E-state index in [-0.39, 0.29) is 31.1 Å². The number of nitrogens with zero attached hydrogens (tertiary/aromatic N) is 2. The summed E-state index contributed by atoms with van der Waals surface area (Å²) in [6, 6.07) is 0.0206. The van der Waals surface area contributed by atoms with Gasteiger partial charge in [0, 0.05) is 39.9 Å². The van der Waals surface area contributed by atoms with Crippen LogP contribution >= 0.6 is 0 Å². The molecule has 6 nitrogen and oxygen atoms in total. The van der Waals surface area contributed by atoms with Gasteiger partial charge in [0.2, 0.25) is 11.8 Å². The van der Waals surface area contributed by atoms with Gasteiger partial charge in [0.05, 0.1) is 0 Å². The van der Waals surface area contributed by atoms with Gasteiger partial charge in [-0.3, -0.25) is 9.59 Å². The van der Waals surface area contributed by atoms with Crippen molar-refractivity contribution in [1.82, 2.24) is 9.80 Å². The number of hydrogen-bond acceptors (Lipinski definition) is 4. The van der Waals surface area contributed by atoms with Gasteiger partial charge in [-0.05, 0) is 6.92 Å². The predicted molar refractivity (Wildman–Crippen MR) is 61.5 cm³/mol. The first-order valence-corrected chi connectivity index (χ1v) is 5.65. The van der Waals surface area contributed by atoms with Crippen molar-refractivity contribution in [2.75, 3.05) is 47.1 Å². The van der Waals surface area contributed by atoms with Crippen molar-refractivity contribution in [3.05, 3.63) is 0 Å². The van der Waals surface area contributed by atoms with E-state index in [0.717, 1.165) is 0 Å².